The lowest BCUT2D eigenvalue weighted by Gasteiger charge is -2.29. The lowest BCUT2D eigenvalue weighted by molar-refractivity contribution is -1.02. The summed E-state index contributed by atoms with van der Waals surface area (Å²) >= 11 is 0. The van der Waals surface area contributed by atoms with Gasteiger partial charge < -0.3 is 19.1 Å². The molecule has 0 spiro atoms. The molecule has 1 aliphatic heterocycles. The highest BCUT2D eigenvalue weighted by atomic mass is 16.5. The minimum atomic E-state index is 0.672. The molecule has 2 heterocycles. The number of rotatable bonds is 6. The van der Waals surface area contributed by atoms with Crippen molar-refractivity contribution >= 4 is 0 Å². The monoisotopic (exact) mass is 380 g/mol. The molecule has 0 unspecified atom stereocenters. The number of quaternary nitrogens is 2. The smallest absolute Gasteiger partial charge is 0.282 e. The van der Waals surface area contributed by atoms with E-state index in [9.17, 15) is 0 Å². The number of aromatic nitrogens is 2. The first-order valence-electron chi connectivity index (χ1n) is 9.90. The van der Waals surface area contributed by atoms with Gasteiger partial charge in [0.1, 0.15) is 38.5 Å². The highest BCUT2D eigenvalue weighted by molar-refractivity contribution is 5.53. The Bertz CT molecular complexity index is 902. The molecule has 0 aliphatic carbocycles. The second-order valence-electron chi connectivity index (χ2n) is 7.55. The zero-order chi connectivity index (χ0) is 19.3. The van der Waals surface area contributed by atoms with Crippen molar-refractivity contribution in [1.29, 1.82) is 0 Å². The number of methoxy groups -OCH3 is 1. The van der Waals surface area contributed by atoms with Crippen molar-refractivity contribution in [2.45, 2.75) is 20.0 Å². The van der Waals surface area contributed by atoms with Crippen LogP contribution in [0.2, 0.25) is 0 Å². The number of nitrogens with one attached hydrogen (secondary N) is 2. The topological polar surface area (TPSA) is 57.0 Å². The highest BCUT2D eigenvalue weighted by Gasteiger charge is 2.26. The van der Waals surface area contributed by atoms with Crippen LogP contribution in [0.4, 0.5) is 0 Å². The number of ether oxygens (including phenoxy) is 1. The molecular weight excluding hydrogens is 352 g/mol. The van der Waals surface area contributed by atoms with Gasteiger partial charge in [0.05, 0.1) is 7.11 Å². The summed E-state index contributed by atoms with van der Waals surface area (Å²) in [6.45, 7) is 8.41. The third-order valence-corrected chi connectivity index (χ3v) is 5.44. The minimum Gasteiger partial charge on any atom is -0.496 e. The summed E-state index contributed by atoms with van der Waals surface area (Å²) in [4.78, 5) is 7.67. The molecule has 3 aromatic rings. The molecule has 0 bridgehead atoms. The number of aryl methyl sites for hydroxylation is 1. The summed E-state index contributed by atoms with van der Waals surface area (Å²) in [5.41, 5.74) is 3.57. The van der Waals surface area contributed by atoms with Crippen molar-refractivity contribution < 1.29 is 19.1 Å². The molecule has 2 N–H and O–H groups in total. The summed E-state index contributed by atoms with van der Waals surface area (Å²) in [5, 5.41) is 4.13. The first kappa shape index (κ1) is 18.7. The van der Waals surface area contributed by atoms with Crippen LogP contribution in [0.15, 0.2) is 53.1 Å². The maximum Gasteiger partial charge on any atom is 0.282 e. The molecule has 1 fully saturated rings. The van der Waals surface area contributed by atoms with Crippen LogP contribution in [-0.4, -0.2) is 43.4 Å². The SMILES string of the molecule is COc1ccc(C)cc1C[NH+]1CC[NH+](Cc2nc(-c3ccccc3)no2)CC1. The van der Waals surface area contributed by atoms with Crippen molar-refractivity contribution in [2.24, 2.45) is 0 Å². The van der Waals surface area contributed by atoms with E-state index in [0.717, 1.165) is 56.5 Å². The highest BCUT2D eigenvalue weighted by Crippen LogP contribution is 2.18. The van der Waals surface area contributed by atoms with E-state index in [1.54, 1.807) is 12.0 Å². The van der Waals surface area contributed by atoms with E-state index in [4.69, 9.17) is 9.26 Å². The van der Waals surface area contributed by atoms with Gasteiger partial charge in [0, 0.05) is 11.1 Å². The van der Waals surface area contributed by atoms with E-state index in [2.05, 4.69) is 35.3 Å². The minimum absolute atomic E-state index is 0.672. The Morgan fingerprint density at radius 3 is 2.39 bits per heavy atom. The molecule has 1 aromatic heterocycles. The van der Waals surface area contributed by atoms with E-state index in [1.165, 1.54) is 16.0 Å². The Kier molecular flexibility index (Phi) is 5.69. The van der Waals surface area contributed by atoms with Crippen molar-refractivity contribution in [3.63, 3.8) is 0 Å². The van der Waals surface area contributed by atoms with E-state index >= 15 is 0 Å². The third kappa shape index (κ3) is 4.40. The average molecular weight is 380 g/mol. The maximum atomic E-state index is 5.53. The van der Waals surface area contributed by atoms with Gasteiger partial charge in [0.15, 0.2) is 6.54 Å². The largest absolute Gasteiger partial charge is 0.496 e. The van der Waals surface area contributed by atoms with Gasteiger partial charge >= 0.3 is 0 Å². The van der Waals surface area contributed by atoms with Gasteiger partial charge in [-0.15, -0.1) is 0 Å². The maximum absolute atomic E-state index is 5.53. The fraction of sp³-hybridized carbons (Fsp3) is 0.364. The molecule has 1 aliphatic rings. The molecule has 1 saturated heterocycles. The van der Waals surface area contributed by atoms with Crippen molar-refractivity contribution in [3.05, 3.63) is 65.5 Å². The normalized spacial score (nSPS) is 19.5. The van der Waals surface area contributed by atoms with Crippen molar-refractivity contribution in [1.82, 2.24) is 10.1 Å². The standard InChI is InChI=1S/C22H26N4O2/c1-17-8-9-20(27-2)19(14-17)15-25-10-12-26(13-11-25)16-21-23-22(24-28-21)18-6-4-3-5-7-18/h3-9,14H,10-13,15-16H2,1-2H3/p+2. The Labute approximate surface area is 165 Å². The van der Waals surface area contributed by atoms with Crippen LogP contribution >= 0.6 is 0 Å². The molecule has 6 nitrogen and oxygen atoms in total. The van der Waals surface area contributed by atoms with Crippen LogP contribution < -0.4 is 14.5 Å². The van der Waals surface area contributed by atoms with Gasteiger partial charge in [-0.2, -0.15) is 4.98 Å². The number of piperazine rings is 1. The molecule has 0 amide bonds. The first-order valence-corrected chi connectivity index (χ1v) is 9.90. The van der Waals surface area contributed by atoms with Gasteiger partial charge in [-0.25, -0.2) is 0 Å². The van der Waals surface area contributed by atoms with Crippen molar-refractivity contribution in [2.75, 3.05) is 33.3 Å². The van der Waals surface area contributed by atoms with Gasteiger partial charge in [0.25, 0.3) is 5.89 Å². The zero-order valence-electron chi connectivity index (χ0n) is 16.6. The van der Waals surface area contributed by atoms with Crippen LogP contribution in [0.25, 0.3) is 11.4 Å². The van der Waals surface area contributed by atoms with Crippen LogP contribution in [-0.2, 0) is 13.1 Å². The second kappa shape index (κ2) is 8.54. The Morgan fingerprint density at radius 1 is 0.964 bits per heavy atom. The van der Waals surface area contributed by atoms with E-state index in [-0.39, 0.29) is 0 Å². The summed E-state index contributed by atoms with van der Waals surface area (Å²) in [6, 6.07) is 16.4. The average Bonchev–Trinajstić information content (AvgIpc) is 3.19. The molecule has 146 valence electrons. The fourth-order valence-corrected chi connectivity index (χ4v) is 3.87. The fourth-order valence-electron chi connectivity index (χ4n) is 3.87. The molecule has 0 atom stereocenters. The molecule has 2 aromatic carbocycles. The van der Waals surface area contributed by atoms with Crippen LogP contribution in [0.1, 0.15) is 17.0 Å². The second-order valence-corrected chi connectivity index (χ2v) is 7.55. The summed E-state index contributed by atoms with van der Waals surface area (Å²) < 4.78 is 11.0. The zero-order valence-corrected chi connectivity index (χ0v) is 16.6. The van der Waals surface area contributed by atoms with Crippen LogP contribution in [0, 0.1) is 6.92 Å². The Hall–Kier alpha value is -2.70. The molecule has 4 rings (SSSR count). The van der Waals surface area contributed by atoms with E-state index < -0.39 is 0 Å². The van der Waals surface area contributed by atoms with Gasteiger partial charge in [-0.3, -0.25) is 0 Å². The van der Waals surface area contributed by atoms with Gasteiger partial charge in [-0.05, 0) is 19.1 Å². The predicted octanol–water partition coefficient (Wildman–Crippen LogP) is 0.537. The van der Waals surface area contributed by atoms with Gasteiger partial charge in [-0.1, -0.05) is 47.1 Å². The summed E-state index contributed by atoms with van der Waals surface area (Å²) in [5.74, 6) is 2.38. The summed E-state index contributed by atoms with van der Waals surface area (Å²) in [6.07, 6.45) is 0. The van der Waals surface area contributed by atoms with Crippen molar-refractivity contribution in [3.8, 4) is 17.1 Å². The summed E-state index contributed by atoms with van der Waals surface area (Å²) in [7, 11) is 1.75. The number of benzene rings is 2. The van der Waals surface area contributed by atoms with Crippen LogP contribution in [0.3, 0.4) is 0 Å². The molecule has 0 radical (unpaired) electrons. The number of hydrogen-bond donors (Lipinski definition) is 2. The molecule has 28 heavy (non-hydrogen) atoms. The van der Waals surface area contributed by atoms with Gasteiger partial charge in [0.2, 0.25) is 5.82 Å². The predicted molar refractivity (Wildman–Crippen MR) is 106 cm³/mol. The quantitative estimate of drug-likeness (QED) is 0.655. The van der Waals surface area contributed by atoms with E-state index in [0.29, 0.717) is 5.82 Å². The molecule has 6 heteroatoms. The first-order chi connectivity index (χ1) is 13.7. The van der Waals surface area contributed by atoms with E-state index in [1.807, 2.05) is 30.3 Å². The van der Waals surface area contributed by atoms with Crippen LogP contribution in [0.5, 0.6) is 5.75 Å². The Balaban J connectivity index is 1.31. The number of hydrogen-bond acceptors (Lipinski definition) is 4. The Morgan fingerprint density at radius 2 is 1.68 bits per heavy atom. The lowest BCUT2D eigenvalue weighted by Crippen LogP contribution is -3.27. The number of nitrogens with zero attached hydrogens (tertiary/aromatic N) is 2. The lowest BCUT2D eigenvalue weighted by atomic mass is 10.1. The third-order valence-electron chi connectivity index (χ3n) is 5.44. The molecular formula is C22H28N4O2+2. The molecule has 0 saturated carbocycles.